The molecule has 8 nitrogen and oxygen atoms in total. The number of anilines is 2. The van der Waals surface area contributed by atoms with Gasteiger partial charge in [-0.05, 0) is 76.4 Å². The van der Waals surface area contributed by atoms with Gasteiger partial charge in [-0.25, -0.2) is 15.0 Å². The first-order valence-electron chi connectivity index (χ1n) is 11.2. The summed E-state index contributed by atoms with van der Waals surface area (Å²) in [5, 5.41) is 3.24. The average Bonchev–Trinajstić information content (AvgIpc) is 3.21. The van der Waals surface area contributed by atoms with Crippen LogP contribution in [0.5, 0.6) is 0 Å². The average molecular weight is 434 g/mol. The Labute approximate surface area is 188 Å². The summed E-state index contributed by atoms with van der Waals surface area (Å²) in [6.07, 6.45) is 5.54. The first kappa shape index (κ1) is 22.0. The van der Waals surface area contributed by atoms with E-state index in [-0.39, 0.29) is 11.9 Å². The van der Waals surface area contributed by atoms with E-state index in [0.717, 1.165) is 48.8 Å². The van der Waals surface area contributed by atoms with Gasteiger partial charge in [0.1, 0.15) is 5.82 Å². The van der Waals surface area contributed by atoms with Crippen LogP contribution in [0.15, 0.2) is 42.7 Å². The summed E-state index contributed by atoms with van der Waals surface area (Å²) in [4.78, 5) is 28.2. The van der Waals surface area contributed by atoms with Gasteiger partial charge in [-0.2, -0.15) is 0 Å². The molecule has 0 unspecified atom stereocenters. The zero-order chi connectivity index (χ0) is 22.7. The fourth-order valence-corrected chi connectivity index (χ4v) is 4.24. The third kappa shape index (κ3) is 4.65. The Kier molecular flexibility index (Phi) is 6.50. The van der Waals surface area contributed by atoms with Crippen LogP contribution in [0.4, 0.5) is 11.6 Å². The van der Waals surface area contributed by atoms with Crippen LogP contribution in [-0.2, 0) is 0 Å². The number of hydrogen-bond acceptors (Lipinski definition) is 6. The molecule has 8 heteroatoms. The highest BCUT2D eigenvalue weighted by Crippen LogP contribution is 2.24. The molecule has 2 aromatic heterocycles. The van der Waals surface area contributed by atoms with Crippen molar-refractivity contribution in [2.45, 2.75) is 39.7 Å². The van der Waals surface area contributed by atoms with E-state index >= 15 is 0 Å². The lowest BCUT2D eigenvalue weighted by Crippen LogP contribution is -2.40. The lowest BCUT2D eigenvalue weighted by Gasteiger charge is -2.31. The monoisotopic (exact) mass is 433 g/mol. The number of carbonyl (C=O) groups is 1. The minimum Gasteiger partial charge on any atom is -0.339 e. The van der Waals surface area contributed by atoms with Crippen molar-refractivity contribution in [2.24, 2.45) is 11.7 Å². The van der Waals surface area contributed by atoms with E-state index in [1.807, 2.05) is 48.4 Å². The van der Waals surface area contributed by atoms with Crippen LogP contribution in [0.2, 0.25) is 0 Å². The van der Waals surface area contributed by atoms with Gasteiger partial charge < -0.3 is 20.5 Å². The van der Waals surface area contributed by atoms with E-state index in [0.29, 0.717) is 24.0 Å². The maximum Gasteiger partial charge on any atom is 0.253 e. The molecule has 1 aromatic carbocycles. The number of nitrogens with two attached hydrogens (primary N) is 1. The summed E-state index contributed by atoms with van der Waals surface area (Å²) in [6, 6.07) is 9.64. The number of nitrogens with one attached hydrogen (secondary N) is 1. The van der Waals surface area contributed by atoms with Crippen molar-refractivity contribution < 1.29 is 4.79 Å². The Morgan fingerprint density at radius 3 is 2.53 bits per heavy atom. The quantitative estimate of drug-likeness (QED) is 0.613. The Morgan fingerprint density at radius 2 is 1.88 bits per heavy atom. The zero-order valence-corrected chi connectivity index (χ0v) is 19.0. The number of piperidine rings is 1. The molecular weight excluding hydrogens is 402 g/mol. The van der Waals surface area contributed by atoms with Crippen molar-refractivity contribution in [1.29, 1.82) is 0 Å². The van der Waals surface area contributed by atoms with Crippen LogP contribution in [0, 0.1) is 12.8 Å². The number of amides is 1. The lowest BCUT2D eigenvalue weighted by molar-refractivity contribution is 0.0693. The van der Waals surface area contributed by atoms with Gasteiger partial charge in [0.2, 0.25) is 5.95 Å². The van der Waals surface area contributed by atoms with Gasteiger partial charge in [-0.15, -0.1) is 0 Å². The van der Waals surface area contributed by atoms with E-state index in [2.05, 4.69) is 38.7 Å². The number of carbonyl (C=O) groups excluding carboxylic acids is 1. The molecule has 32 heavy (non-hydrogen) atoms. The van der Waals surface area contributed by atoms with Gasteiger partial charge in [-0.1, -0.05) is 0 Å². The Bertz CT molecular complexity index is 1070. The topological polar surface area (TPSA) is 102 Å². The number of aromatic nitrogens is 4. The number of hydrogen-bond donors (Lipinski definition) is 2. The van der Waals surface area contributed by atoms with Crippen LogP contribution < -0.4 is 11.1 Å². The number of rotatable bonds is 6. The number of likely N-dealkylation sites (tertiary alicyclic amines) is 1. The largest absolute Gasteiger partial charge is 0.339 e. The van der Waals surface area contributed by atoms with Gasteiger partial charge >= 0.3 is 0 Å². The van der Waals surface area contributed by atoms with Gasteiger partial charge in [0, 0.05) is 36.6 Å². The molecule has 1 amide bonds. The van der Waals surface area contributed by atoms with E-state index < -0.39 is 0 Å². The second kappa shape index (κ2) is 9.48. The standard InChI is InChI=1S/C24H31N7O/c1-16(2)31-17(3)27-15-22(31)21-8-11-26-24(29-21)28-20-6-4-19(5-7-20)23(32)30-12-9-18(14-25)10-13-30/h4-8,11,15-16,18H,9-10,12-14,25H2,1-3H3,(H,26,28,29). The number of benzene rings is 1. The second-order valence-electron chi connectivity index (χ2n) is 8.59. The predicted molar refractivity (Wildman–Crippen MR) is 126 cm³/mol. The van der Waals surface area contributed by atoms with E-state index in [4.69, 9.17) is 5.73 Å². The molecular formula is C24H31N7O. The zero-order valence-electron chi connectivity index (χ0n) is 19.0. The highest BCUT2D eigenvalue weighted by atomic mass is 16.2. The molecule has 0 radical (unpaired) electrons. The molecule has 3 aromatic rings. The summed E-state index contributed by atoms with van der Waals surface area (Å²) in [6.45, 7) is 8.49. The van der Waals surface area contributed by atoms with Crippen LogP contribution in [0.1, 0.15) is 48.9 Å². The summed E-state index contributed by atoms with van der Waals surface area (Å²) >= 11 is 0. The Balaban J connectivity index is 1.45. The van der Waals surface area contributed by atoms with Crippen LogP contribution in [0.3, 0.4) is 0 Å². The smallest absolute Gasteiger partial charge is 0.253 e. The molecule has 0 saturated carbocycles. The molecule has 168 valence electrons. The van der Waals surface area contributed by atoms with Crippen molar-refractivity contribution in [3.05, 3.63) is 54.1 Å². The first-order valence-corrected chi connectivity index (χ1v) is 11.2. The Hall–Kier alpha value is -3.26. The number of aryl methyl sites for hydroxylation is 1. The maximum atomic E-state index is 12.8. The first-order chi connectivity index (χ1) is 15.5. The molecule has 1 aliphatic heterocycles. The third-order valence-electron chi connectivity index (χ3n) is 6.04. The third-order valence-corrected chi connectivity index (χ3v) is 6.04. The maximum absolute atomic E-state index is 12.8. The molecule has 1 fully saturated rings. The summed E-state index contributed by atoms with van der Waals surface area (Å²) in [7, 11) is 0. The van der Waals surface area contributed by atoms with Gasteiger partial charge in [0.15, 0.2) is 0 Å². The molecule has 0 spiro atoms. The number of imidazole rings is 1. The second-order valence-corrected chi connectivity index (χ2v) is 8.59. The fraction of sp³-hybridized carbons (Fsp3) is 0.417. The van der Waals surface area contributed by atoms with Crippen LogP contribution in [-0.4, -0.2) is 50.0 Å². The minimum atomic E-state index is 0.0718. The van der Waals surface area contributed by atoms with Crippen molar-refractivity contribution in [2.75, 3.05) is 25.0 Å². The van der Waals surface area contributed by atoms with Gasteiger partial charge in [0.05, 0.1) is 17.6 Å². The van der Waals surface area contributed by atoms with Crippen molar-refractivity contribution in [3.63, 3.8) is 0 Å². The van der Waals surface area contributed by atoms with E-state index in [9.17, 15) is 4.79 Å². The van der Waals surface area contributed by atoms with Crippen LogP contribution in [0.25, 0.3) is 11.4 Å². The van der Waals surface area contributed by atoms with Gasteiger partial charge in [0.25, 0.3) is 5.91 Å². The normalized spacial score (nSPS) is 14.7. The Morgan fingerprint density at radius 1 is 1.16 bits per heavy atom. The summed E-state index contributed by atoms with van der Waals surface area (Å²) < 4.78 is 2.16. The number of nitrogens with zero attached hydrogens (tertiary/aromatic N) is 5. The van der Waals surface area contributed by atoms with Crippen molar-refractivity contribution in [1.82, 2.24) is 24.4 Å². The lowest BCUT2D eigenvalue weighted by atomic mass is 9.96. The molecule has 4 rings (SSSR count). The van der Waals surface area contributed by atoms with Crippen molar-refractivity contribution in [3.8, 4) is 11.4 Å². The SMILES string of the molecule is Cc1ncc(-c2ccnc(Nc3ccc(C(=O)N4CCC(CN)CC4)cc3)n2)n1C(C)C. The van der Waals surface area contributed by atoms with E-state index in [1.165, 1.54) is 0 Å². The fourth-order valence-electron chi connectivity index (χ4n) is 4.24. The molecule has 3 heterocycles. The van der Waals surface area contributed by atoms with Gasteiger partial charge in [-0.3, -0.25) is 4.79 Å². The van der Waals surface area contributed by atoms with Crippen molar-refractivity contribution >= 4 is 17.5 Å². The molecule has 1 saturated heterocycles. The molecule has 3 N–H and O–H groups in total. The molecule has 0 atom stereocenters. The van der Waals surface area contributed by atoms with E-state index in [1.54, 1.807) is 6.20 Å². The minimum absolute atomic E-state index is 0.0718. The molecule has 1 aliphatic rings. The highest BCUT2D eigenvalue weighted by molar-refractivity contribution is 5.94. The summed E-state index contributed by atoms with van der Waals surface area (Å²) in [5.41, 5.74) is 9.04. The summed E-state index contributed by atoms with van der Waals surface area (Å²) in [5.74, 6) is 2.06. The predicted octanol–water partition coefficient (Wildman–Crippen LogP) is 3.78. The molecule has 0 bridgehead atoms. The highest BCUT2D eigenvalue weighted by Gasteiger charge is 2.22. The molecule has 0 aliphatic carbocycles. The van der Waals surface area contributed by atoms with Crippen LogP contribution >= 0.6 is 0 Å².